The molecule has 2 aromatic heterocycles. The molecule has 0 bridgehead atoms. The van der Waals surface area contributed by atoms with E-state index in [1.807, 2.05) is 6.07 Å². The van der Waals surface area contributed by atoms with Crippen molar-refractivity contribution < 1.29 is 4.79 Å². The predicted molar refractivity (Wildman–Crippen MR) is 54.2 cm³/mol. The van der Waals surface area contributed by atoms with E-state index in [1.54, 1.807) is 12.3 Å². The molecule has 0 atom stereocenters. The smallest absolute Gasteiger partial charge is 0.151 e. The minimum Gasteiger partial charge on any atom is -0.349 e. The van der Waals surface area contributed by atoms with Gasteiger partial charge < -0.3 is 4.98 Å². The van der Waals surface area contributed by atoms with Crippen molar-refractivity contribution in [3.8, 4) is 0 Å². The summed E-state index contributed by atoms with van der Waals surface area (Å²) in [4.78, 5) is 17.6. The van der Waals surface area contributed by atoms with Crippen molar-refractivity contribution in [2.45, 2.75) is 0 Å². The maximum atomic E-state index is 10.4. The lowest BCUT2D eigenvalue weighted by Gasteiger charge is -1.89. The lowest BCUT2D eigenvalue weighted by atomic mass is 10.3. The Kier molecular flexibility index (Phi) is 1.84. The van der Waals surface area contributed by atoms with Crippen molar-refractivity contribution in [1.29, 1.82) is 0 Å². The molecule has 4 heteroatoms. The standard InChI is InChI=1S/C8H5IN2O/c9-8-2-6-7(11-8)1-5(4-12)3-10-6/h1-4,11H. The zero-order valence-corrected chi connectivity index (χ0v) is 8.20. The minimum atomic E-state index is 0.598. The number of hydrogen-bond donors (Lipinski definition) is 1. The van der Waals surface area contributed by atoms with Crippen LogP contribution in [0, 0.1) is 3.70 Å². The molecule has 0 spiro atoms. The first-order valence-electron chi connectivity index (χ1n) is 3.39. The fourth-order valence-electron chi connectivity index (χ4n) is 1.06. The van der Waals surface area contributed by atoms with Gasteiger partial charge in [0, 0.05) is 11.8 Å². The Bertz CT molecular complexity index is 436. The molecule has 2 rings (SSSR count). The summed E-state index contributed by atoms with van der Waals surface area (Å²) < 4.78 is 1.03. The van der Waals surface area contributed by atoms with Gasteiger partial charge in [0.05, 0.1) is 14.7 Å². The van der Waals surface area contributed by atoms with Crippen LogP contribution in [-0.2, 0) is 0 Å². The van der Waals surface area contributed by atoms with Crippen molar-refractivity contribution in [3.05, 3.63) is 27.6 Å². The van der Waals surface area contributed by atoms with Crippen LogP contribution in [0.4, 0.5) is 0 Å². The van der Waals surface area contributed by atoms with Crippen molar-refractivity contribution >= 4 is 39.9 Å². The van der Waals surface area contributed by atoms with E-state index in [0.29, 0.717) is 5.56 Å². The highest BCUT2D eigenvalue weighted by Crippen LogP contribution is 2.14. The normalized spacial score (nSPS) is 10.4. The van der Waals surface area contributed by atoms with E-state index < -0.39 is 0 Å². The second-order valence-electron chi connectivity index (χ2n) is 2.44. The number of carbonyl (C=O) groups is 1. The molecule has 0 saturated heterocycles. The number of H-pyrrole nitrogens is 1. The number of nitrogens with zero attached hydrogens (tertiary/aromatic N) is 1. The first kappa shape index (κ1) is 7.72. The molecule has 0 unspecified atom stereocenters. The fourth-order valence-corrected chi connectivity index (χ4v) is 1.64. The van der Waals surface area contributed by atoms with E-state index in [2.05, 4.69) is 32.6 Å². The number of aromatic amines is 1. The van der Waals surface area contributed by atoms with Gasteiger partial charge in [0.15, 0.2) is 6.29 Å². The van der Waals surface area contributed by atoms with Crippen LogP contribution >= 0.6 is 22.6 Å². The third kappa shape index (κ3) is 1.22. The SMILES string of the molecule is O=Cc1cnc2cc(I)[nH]c2c1. The van der Waals surface area contributed by atoms with Gasteiger partial charge in [-0.05, 0) is 34.7 Å². The quantitative estimate of drug-likeness (QED) is 0.637. The van der Waals surface area contributed by atoms with Crippen LogP contribution in [0.25, 0.3) is 11.0 Å². The van der Waals surface area contributed by atoms with Crippen LogP contribution in [-0.4, -0.2) is 16.3 Å². The molecule has 0 radical (unpaired) electrons. The molecule has 0 aliphatic heterocycles. The summed E-state index contributed by atoms with van der Waals surface area (Å²) in [7, 11) is 0. The van der Waals surface area contributed by atoms with Gasteiger partial charge in [-0.3, -0.25) is 9.78 Å². The third-order valence-electron chi connectivity index (χ3n) is 1.59. The van der Waals surface area contributed by atoms with Crippen molar-refractivity contribution in [2.75, 3.05) is 0 Å². The Morgan fingerprint density at radius 2 is 2.33 bits per heavy atom. The van der Waals surface area contributed by atoms with Crippen LogP contribution in [0.1, 0.15) is 10.4 Å². The van der Waals surface area contributed by atoms with Gasteiger partial charge in [0.1, 0.15) is 0 Å². The highest BCUT2D eigenvalue weighted by Gasteiger charge is 1.99. The Morgan fingerprint density at radius 3 is 3.08 bits per heavy atom. The number of hydrogen-bond acceptors (Lipinski definition) is 2. The molecule has 3 nitrogen and oxygen atoms in total. The topological polar surface area (TPSA) is 45.8 Å². The lowest BCUT2D eigenvalue weighted by Crippen LogP contribution is -1.81. The van der Waals surface area contributed by atoms with E-state index in [0.717, 1.165) is 21.0 Å². The number of fused-ring (bicyclic) bond motifs is 1. The van der Waals surface area contributed by atoms with E-state index in [4.69, 9.17) is 0 Å². The maximum absolute atomic E-state index is 10.4. The van der Waals surface area contributed by atoms with Gasteiger partial charge >= 0.3 is 0 Å². The third-order valence-corrected chi connectivity index (χ3v) is 2.17. The van der Waals surface area contributed by atoms with Crippen LogP contribution in [0.3, 0.4) is 0 Å². The maximum Gasteiger partial charge on any atom is 0.151 e. The number of rotatable bonds is 1. The molecule has 12 heavy (non-hydrogen) atoms. The van der Waals surface area contributed by atoms with Crippen molar-refractivity contribution in [3.63, 3.8) is 0 Å². The van der Waals surface area contributed by atoms with Crippen LogP contribution in [0.2, 0.25) is 0 Å². The molecule has 0 aromatic carbocycles. The second-order valence-corrected chi connectivity index (χ2v) is 3.60. The van der Waals surface area contributed by atoms with Gasteiger partial charge in [0.25, 0.3) is 0 Å². The van der Waals surface area contributed by atoms with Gasteiger partial charge in [0.2, 0.25) is 0 Å². The average molecular weight is 272 g/mol. The highest BCUT2D eigenvalue weighted by molar-refractivity contribution is 14.1. The van der Waals surface area contributed by atoms with Gasteiger partial charge in [-0.25, -0.2) is 0 Å². The molecule has 0 saturated carbocycles. The van der Waals surface area contributed by atoms with E-state index in [1.165, 1.54) is 0 Å². The molecule has 0 aliphatic carbocycles. The summed E-state index contributed by atoms with van der Waals surface area (Å²) in [6.07, 6.45) is 2.36. The second kappa shape index (κ2) is 2.85. The number of nitrogens with one attached hydrogen (secondary N) is 1. The minimum absolute atomic E-state index is 0.598. The molecular formula is C8H5IN2O. The number of aldehydes is 1. The van der Waals surface area contributed by atoms with Gasteiger partial charge in [-0.2, -0.15) is 0 Å². The van der Waals surface area contributed by atoms with Crippen molar-refractivity contribution in [1.82, 2.24) is 9.97 Å². The predicted octanol–water partition coefficient (Wildman–Crippen LogP) is 1.98. The van der Waals surface area contributed by atoms with E-state index >= 15 is 0 Å². The monoisotopic (exact) mass is 272 g/mol. The fraction of sp³-hybridized carbons (Fsp3) is 0. The number of aromatic nitrogens is 2. The number of halogens is 1. The Morgan fingerprint density at radius 1 is 1.50 bits per heavy atom. The first-order valence-corrected chi connectivity index (χ1v) is 4.47. The van der Waals surface area contributed by atoms with Crippen LogP contribution in [0.15, 0.2) is 18.3 Å². The van der Waals surface area contributed by atoms with E-state index in [-0.39, 0.29) is 0 Å². The lowest BCUT2D eigenvalue weighted by molar-refractivity contribution is 0.112. The van der Waals surface area contributed by atoms with Crippen LogP contribution in [0.5, 0.6) is 0 Å². The molecule has 0 amide bonds. The van der Waals surface area contributed by atoms with Crippen molar-refractivity contribution in [2.24, 2.45) is 0 Å². The summed E-state index contributed by atoms with van der Waals surface area (Å²) >= 11 is 2.17. The molecule has 0 fully saturated rings. The molecule has 2 heterocycles. The first-order chi connectivity index (χ1) is 5.79. The van der Waals surface area contributed by atoms with Gasteiger partial charge in [-0.1, -0.05) is 0 Å². The largest absolute Gasteiger partial charge is 0.349 e. The molecule has 0 aliphatic rings. The molecule has 2 aromatic rings. The zero-order chi connectivity index (χ0) is 8.55. The number of pyridine rings is 1. The summed E-state index contributed by atoms with van der Waals surface area (Å²) in [6, 6.07) is 3.72. The highest BCUT2D eigenvalue weighted by atomic mass is 127. The Hall–Kier alpha value is -0.910. The molecule has 60 valence electrons. The Balaban J connectivity index is 2.74. The average Bonchev–Trinajstić information content (AvgIpc) is 2.43. The molecule has 1 N–H and O–H groups in total. The molecular weight excluding hydrogens is 267 g/mol. The number of carbonyl (C=O) groups excluding carboxylic acids is 1. The zero-order valence-electron chi connectivity index (χ0n) is 6.04. The van der Waals surface area contributed by atoms with Crippen LogP contribution < -0.4 is 0 Å². The summed E-state index contributed by atoms with van der Waals surface area (Å²) in [5.74, 6) is 0. The Labute approximate surface area is 82.3 Å². The summed E-state index contributed by atoms with van der Waals surface area (Å²) in [5, 5.41) is 0. The summed E-state index contributed by atoms with van der Waals surface area (Å²) in [6.45, 7) is 0. The van der Waals surface area contributed by atoms with Gasteiger partial charge in [-0.15, -0.1) is 0 Å². The van der Waals surface area contributed by atoms with E-state index in [9.17, 15) is 4.79 Å². The summed E-state index contributed by atoms with van der Waals surface area (Å²) in [5.41, 5.74) is 2.40.